The van der Waals surface area contributed by atoms with Crippen molar-refractivity contribution in [2.24, 2.45) is 0 Å². The first-order valence-electron chi connectivity index (χ1n) is 4.42. The maximum Gasteiger partial charge on any atom is 0.0545 e. The van der Waals surface area contributed by atoms with Gasteiger partial charge in [0.15, 0.2) is 0 Å². The number of aromatic nitrogens is 1. The molecule has 2 aromatic carbocycles. The highest BCUT2D eigenvalue weighted by Gasteiger charge is 2.02. The predicted octanol–water partition coefficient (Wildman–Crippen LogP) is 3.77. The first-order valence-corrected chi connectivity index (χ1v) is 4.80. The van der Waals surface area contributed by atoms with E-state index in [0.717, 1.165) is 21.4 Å². The lowest BCUT2D eigenvalue weighted by molar-refractivity contribution is 1.54. The zero-order chi connectivity index (χ0) is 9.54. The number of para-hydroxylation sites is 1. The summed E-state index contributed by atoms with van der Waals surface area (Å²) < 4.78 is 0. The lowest BCUT2D eigenvalue weighted by atomic mass is 10.2. The van der Waals surface area contributed by atoms with E-state index in [1.54, 1.807) is 0 Å². The summed E-state index contributed by atoms with van der Waals surface area (Å²) in [5, 5.41) is 3.09. The highest BCUT2D eigenvalue weighted by atomic mass is 35.5. The van der Waals surface area contributed by atoms with Crippen molar-refractivity contribution in [3.63, 3.8) is 0 Å². The Morgan fingerprint density at radius 1 is 1.14 bits per heavy atom. The van der Waals surface area contributed by atoms with Crippen molar-refractivity contribution >= 4 is 33.4 Å². The average Bonchev–Trinajstić information content (AvgIpc) is 2.56. The quantitative estimate of drug-likeness (QED) is 0.569. The van der Waals surface area contributed by atoms with Crippen LogP contribution in [0.5, 0.6) is 0 Å². The van der Waals surface area contributed by atoms with Gasteiger partial charge in [-0.1, -0.05) is 29.8 Å². The molecule has 0 atom stereocenters. The first-order chi connectivity index (χ1) is 6.84. The van der Waals surface area contributed by atoms with Crippen molar-refractivity contribution in [1.82, 2.24) is 4.98 Å². The van der Waals surface area contributed by atoms with E-state index in [2.05, 4.69) is 17.1 Å². The Morgan fingerprint density at radius 3 is 3.00 bits per heavy atom. The SMILES string of the molecule is Clc1ccc2[nH]c3[c]cccc3c2c1. The van der Waals surface area contributed by atoms with E-state index in [1.807, 2.05) is 30.3 Å². The van der Waals surface area contributed by atoms with Crippen LogP contribution in [0.25, 0.3) is 21.8 Å². The summed E-state index contributed by atoms with van der Waals surface area (Å²) >= 11 is 5.95. The number of rotatable bonds is 0. The van der Waals surface area contributed by atoms with E-state index < -0.39 is 0 Å². The van der Waals surface area contributed by atoms with Gasteiger partial charge in [0.05, 0.1) is 5.52 Å². The molecule has 0 aliphatic rings. The zero-order valence-electron chi connectivity index (χ0n) is 7.34. The Morgan fingerprint density at radius 2 is 2.07 bits per heavy atom. The number of hydrogen-bond donors (Lipinski definition) is 1. The molecule has 0 aliphatic carbocycles. The number of H-pyrrole nitrogens is 1. The van der Waals surface area contributed by atoms with Crippen LogP contribution in [0.3, 0.4) is 0 Å². The topological polar surface area (TPSA) is 15.8 Å². The van der Waals surface area contributed by atoms with Crippen LogP contribution in [-0.2, 0) is 0 Å². The van der Waals surface area contributed by atoms with Crippen molar-refractivity contribution in [3.8, 4) is 0 Å². The lowest BCUT2D eigenvalue weighted by Gasteiger charge is -1.91. The molecule has 1 radical (unpaired) electrons. The van der Waals surface area contributed by atoms with Gasteiger partial charge in [-0.3, -0.25) is 0 Å². The summed E-state index contributed by atoms with van der Waals surface area (Å²) in [4.78, 5) is 3.29. The standard InChI is InChI=1S/C12H7ClN/c13-8-5-6-12-10(7-8)9-3-1-2-4-11(9)14-12/h1-3,5-7,14H. The summed E-state index contributed by atoms with van der Waals surface area (Å²) in [6.07, 6.45) is 0. The molecule has 1 aromatic heterocycles. The number of halogens is 1. The van der Waals surface area contributed by atoms with E-state index in [1.165, 1.54) is 5.39 Å². The molecule has 0 aliphatic heterocycles. The summed E-state index contributed by atoms with van der Waals surface area (Å²) in [6.45, 7) is 0. The number of nitrogens with one attached hydrogen (secondary N) is 1. The third kappa shape index (κ3) is 1.03. The van der Waals surface area contributed by atoms with Gasteiger partial charge in [-0.25, -0.2) is 0 Å². The number of aromatic amines is 1. The minimum absolute atomic E-state index is 0.766. The van der Waals surface area contributed by atoms with Gasteiger partial charge in [-0.05, 0) is 18.2 Å². The van der Waals surface area contributed by atoms with Gasteiger partial charge < -0.3 is 4.98 Å². The molecule has 0 fully saturated rings. The summed E-state index contributed by atoms with van der Waals surface area (Å²) in [7, 11) is 0. The number of fused-ring (bicyclic) bond motifs is 3. The van der Waals surface area contributed by atoms with E-state index in [9.17, 15) is 0 Å². The fraction of sp³-hybridized carbons (Fsp3) is 0. The van der Waals surface area contributed by atoms with Crippen molar-refractivity contribution < 1.29 is 0 Å². The van der Waals surface area contributed by atoms with E-state index in [0.29, 0.717) is 0 Å². The van der Waals surface area contributed by atoms with Crippen LogP contribution in [0, 0.1) is 6.07 Å². The molecule has 3 aromatic rings. The van der Waals surface area contributed by atoms with Crippen molar-refractivity contribution in [2.45, 2.75) is 0 Å². The molecule has 0 unspecified atom stereocenters. The second-order valence-electron chi connectivity index (χ2n) is 3.27. The molecule has 1 N–H and O–H groups in total. The molecule has 0 amide bonds. The monoisotopic (exact) mass is 200 g/mol. The smallest absolute Gasteiger partial charge is 0.0545 e. The molecule has 3 rings (SSSR count). The molecule has 2 heteroatoms. The van der Waals surface area contributed by atoms with Crippen LogP contribution in [0.2, 0.25) is 5.02 Å². The maximum absolute atomic E-state index is 5.95. The van der Waals surface area contributed by atoms with E-state index in [-0.39, 0.29) is 0 Å². The Balaban J connectivity index is 2.58. The summed E-state index contributed by atoms with van der Waals surface area (Å²) in [6, 6.07) is 15.0. The molecule has 14 heavy (non-hydrogen) atoms. The predicted molar refractivity (Wildman–Crippen MR) is 59.7 cm³/mol. The van der Waals surface area contributed by atoms with Crippen LogP contribution in [0.15, 0.2) is 36.4 Å². The minimum atomic E-state index is 0.766. The molecule has 1 heterocycles. The third-order valence-electron chi connectivity index (χ3n) is 2.39. The van der Waals surface area contributed by atoms with Gasteiger partial charge in [-0.15, -0.1) is 0 Å². The normalized spacial score (nSPS) is 11.2. The van der Waals surface area contributed by atoms with Crippen LogP contribution in [0.4, 0.5) is 0 Å². The van der Waals surface area contributed by atoms with E-state index >= 15 is 0 Å². The first kappa shape index (κ1) is 7.89. The van der Waals surface area contributed by atoms with Gasteiger partial charge in [0.1, 0.15) is 0 Å². The molecule has 0 saturated heterocycles. The highest BCUT2D eigenvalue weighted by Crippen LogP contribution is 2.26. The Labute approximate surface area is 86.3 Å². The van der Waals surface area contributed by atoms with Gasteiger partial charge in [0, 0.05) is 27.4 Å². The van der Waals surface area contributed by atoms with Crippen LogP contribution >= 0.6 is 11.6 Å². The summed E-state index contributed by atoms with van der Waals surface area (Å²) in [5.74, 6) is 0. The molecule has 0 saturated carbocycles. The second-order valence-corrected chi connectivity index (χ2v) is 3.71. The second kappa shape index (κ2) is 2.76. The molecule has 67 valence electrons. The largest absolute Gasteiger partial charge is 0.354 e. The molecular formula is C12H7ClN. The van der Waals surface area contributed by atoms with Gasteiger partial charge in [-0.2, -0.15) is 0 Å². The van der Waals surface area contributed by atoms with Crippen molar-refractivity contribution in [3.05, 3.63) is 47.5 Å². The van der Waals surface area contributed by atoms with Crippen molar-refractivity contribution in [1.29, 1.82) is 0 Å². The molecule has 0 bridgehead atoms. The molecule has 0 spiro atoms. The Hall–Kier alpha value is -1.47. The van der Waals surface area contributed by atoms with Crippen LogP contribution in [-0.4, -0.2) is 4.98 Å². The number of benzene rings is 2. The Bertz CT molecular complexity index is 610. The van der Waals surface area contributed by atoms with Gasteiger partial charge in [0.2, 0.25) is 0 Å². The van der Waals surface area contributed by atoms with Gasteiger partial charge >= 0.3 is 0 Å². The minimum Gasteiger partial charge on any atom is -0.354 e. The van der Waals surface area contributed by atoms with Crippen LogP contribution < -0.4 is 0 Å². The third-order valence-corrected chi connectivity index (χ3v) is 2.62. The fourth-order valence-corrected chi connectivity index (χ4v) is 1.92. The lowest BCUT2D eigenvalue weighted by Crippen LogP contribution is -1.66. The van der Waals surface area contributed by atoms with E-state index in [4.69, 9.17) is 11.6 Å². The zero-order valence-corrected chi connectivity index (χ0v) is 8.10. The average molecular weight is 201 g/mol. The molecular weight excluding hydrogens is 194 g/mol. The number of hydrogen-bond acceptors (Lipinski definition) is 0. The highest BCUT2D eigenvalue weighted by molar-refractivity contribution is 6.31. The maximum atomic E-state index is 5.95. The van der Waals surface area contributed by atoms with Gasteiger partial charge in [0.25, 0.3) is 0 Å². The van der Waals surface area contributed by atoms with Crippen LogP contribution in [0.1, 0.15) is 0 Å². The fourth-order valence-electron chi connectivity index (χ4n) is 1.75. The Kier molecular flexibility index (Phi) is 1.55. The van der Waals surface area contributed by atoms with Crippen molar-refractivity contribution in [2.75, 3.05) is 0 Å². The summed E-state index contributed by atoms with van der Waals surface area (Å²) in [5.41, 5.74) is 2.14. The molecule has 1 nitrogen and oxygen atoms in total.